The average molecular weight is 321 g/mol. The molecule has 1 unspecified atom stereocenters. The van der Waals surface area contributed by atoms with E-state index < -0.39 is 0 Å². The lowest BCUT2D eigenvalue weighted by molar-refractivity contribution is 0.518. The van der Waals surface area contributed by atoms with Crippen LogP contribution in [0.3, 0.4) is 0 Å². The molecule has 1 aliphatic carbocycles. The van der Waals surface area contributed by atoms with Gasteiger partial charge in [-0.3, -0.25) is 5.10 Å². The molecule has 0 saturated carbocycles. The fourth-order valence-electron chi connectivity index (χ4n) is 2.71. The first-order chi connectivity index (χ1) is 9.34. The van der Waals surface area contributed by atoms with Crippen LogP contribution in [0.4, 0.5) is 0 Å². The van der Waals surface area contributed by atoms with Crippen LogP contribution < -0.4 is 5.32 Å². The van der Waals surface area contributed by atoms with E-state index in [1.54, 1.807) is 6.33 Å². The molecule has 1 atom stereocenters. The standard InChI is InChI=1S/C14H17BrN4/c15-12-4-1-3-11-10(12)6-7-13(11)16-8-2-5-14-17-9-18-19-14/h1,3-4,9,13,16H,2,5-8H2,(H,17,18,19). The fourth-order valence-corrected chi connectivity index (χ4v) is 3.28. The highest BCUT2D eigenvalue weighted by molar-refractivity contribution is 9.10. The number of halogens is 1. The predicted octanol–water partition coefficient (Wildman–Crippen LogP) is 2.78. The second-order valence-electron chi connectivity index (χ2n) is 4.89. The van der Waals surface area contributed by atoms with Gasteiger partial charge in [0.2, 0.25) is 0 Å². The molecule has 0 bridgehead atoms. The molecular formula is C14H17BrN4. The number of aromatic amines is 1. The Morgan fingerprint density at radius 1 is 1.42 bits per heavy atom. The Hall–Kier alpha value is -1.20. The molecule has 5 heteroatoms. The highest BCUT2D eigenvalue weighted by Crippen LogP contribution is 2.35. The third kappa shape index (κ3) is 2.87. The van der Waals surface area contributed by atoms with Crippen molar-refractivity contribution in [2.45, 2.75) is 31.7 Å². The molecule has 1 aliphatic rings. The zero-order chi connectivity index (χ0) is 13.1. The Kier molecular flexibility index (Phi) is 3.94. The molecule has 19 heavy (non-hydrogen) atoms. The Bertz CT molecular complexity index is 538. The van der Waals surface area contributed by atoms with Crippen molar-refractivity contribution in [3.63, 3.8) is 0 Å². The van der Waals surface area contributed by atoms with Crippen LogP contribution in [0, 0.1) is 0 Å². The Morgan fingerprint density at radius 3 is 3.21 bits per heavy atom. The maximum absolute atomic E-state index is 4.13. The normalized spacial score (nSPS) is 17.6. The van der Waals surface area contributed by atoms with Gasteiger partial charge in [-0.2, -0.15) is 5.10 Å². The lowest BCUT2D eigenvalue weighted by Gasteiger charge is -2.13. The van der Waals surface area contributed by atoms with Crippen molar-refractivity contribution < 1.29 is 0 Å². The van der Waals surface area contributed by atoms with Gasteiger partial charge < -0.3 is 5.32 Å². The van der Waals surface area contributed by atoms with E-state index >= 15 is 0 Å². The smallest absolute Gasteiger partial charge is 0.137 e. The van der Waals surface area contributed by atoms with Crippen molar-refractivity contribution in [1.29, 1.82) is 0 Å². The van der Waals surface area contributed by atoms with Crippen LogP contribution in [0.25, 0.3) is 0 Å². The average Bonchev–Trinajstić information content (AvgIpc) is 3.05. The topological polar surface area (TPSA) is 53.6 Å². The van der Waals surface area contributed by atoms with E-state index in [0.717, 1.165) is 31.6 Å². The minimum Gasteiger partial charge on any atom is -0.310 e. The van der Waals surface area contributed by atoms with Crippen LogP contribution >= 0.6 is 15.9 Å². The van der Waals surface area contributed by atoms with Crippen molar-refractivity contribution in [2.24, 2.45) is 0 Å². The monoisotopic (exact) mass is 320 g/mol. The van der Waals surface area contributed by atoms with Crippen molar-refractivity contribution in [3.8, 4) is 0 Å². The number of hydrogen-bond acceptors (Lipinski definition) is 3. The zero-order valence-corrected chi connectivity index (χ0v) is 12.3. The maximum Gasteiger partial charge on any atom is 0.137 e. The second kappa shape index (κ2) is 5.84. The highest BCUT2D eigenvalue weighted by Gasteiger charge is 2.22. The molecule has 0 radical (unpaired) electrons. The van der Waals surface area contributed by atoms with Gasteiger partial charge in [0.05, 0.1) is 0 Å². The molecule has 0 spiro atoms. The van der Waals surface area contributed by atoms with Crippen LogP contribution in [0.1, 0.15) is 35.8 Å². The van der Waals surface area contributed by atoms with E-state index in [9.17, 15) is 0 Å². The van der Waals surface area contributed by atoms with Crippen LogP contribution in [0.5, 0.6) is 0 Å². The van der Waals surface area contributed by atoms with Gasteiger partial charge in [0.1, 0.15) is 12.2 Å². The molecule has 2 N–H and O–H groups in total. The van der Waals surface area contributed by atoms with Crippen LogP contribution in [-0.4, -0.2) is 21.7 Å². The van der Waals surface area contributed by atoms with Gasteiger partial charge in [0.15, 0.2) is 0 Å². The molecule has 2 aromatic rings. The van der Waals surface area contributed by atoms with E-state index in [2.05, 4.69) is 54.6 Å². The van der Waals surface area contributed by atoms with Crippen molar-refractivity contribution in [2.75, 3.05) is 6.54 Å². The molecular weight excluding hydrogens is 304 g/mol. The molecule has 0 saturated heterocycles. The van der Waals surface area contributed by atoms with Crippen LogP contribution in [-0.2, 0) is 12.8 Å². The zero-order valence-electron chi connectivity index (χ0n) is 10.7. The summed E-state index contributed by atoms with van der Waals surface area (Å²) in [7, 11) is 0. The summed E-state index contributed by atoms with van der Waals surface area (Å²) in [5.74, 6) is 0.969. The third-order valence-corrected chi connectivity index (χ3v) is 4.40. The van der Waals surface area contributed by atoms with E-state index in [4.69, 9.17) is 0 Å². The number of aryl methyl sites for hydroxylation is 1. The first-order valence-corrected chi connectivity index (χ1v) is 7.49. The lowest BCUT2D eigenvalue weighted by atomic mass is 10.1. The number of benzene rings is 1. The van der Waals surface area contributed by atoms with Crippen LogP contribution in [0.2, 0.25) is 0 Å². The van der Waals surface area contributed by atoms with Crippen molar-refractivity contribution >= 4 is 15.9 Å². The third-order valence-electron chi connectivity index (χ3n) is 3.66. The van der Waals surface area contributed by atoms with Gasteiger partial charge in [-0.05, 0) is 43.0 Å². The Balaban J connectivity index is 1.51. The molecule has 4 nitrogen and oxygen atoms in total. The van der Waals surface area contributed by atoms with Gasteiger partial charge in [0, 0.05) is 16.9 Å². The van der Waals surface area contributed by atoms with E-state index in [1.165, 1.54) is 22.0 Å². The predicted molar refractivity (Wildman–Crippen MR) is 77.9 cm³/mol. The number of hydrogen-bond donors (Lipinski definition) is 2. The SMILES string of the molecule is Brc1cccc2c1CCC2NCCCc1ncn[nH]1. The van der Waals surface area contributed by atoms with Gasteiger partial charge in [-0.15, -0.1) is 0 Å². The van der Waals surface area contributed by atoms with E-state index in [0.29, 0.717) is 6.04 Å². The number of fused-ring (bicyclic) bond motifs is 1. The summed E-state index contributed by atoms with van der Waals surface area (Å²) in [6, 6.07) is 6.99. The molecule has 0 fully saturated rings. The first kappa shape index (κ1) is 12.8. The summed E-state index contributed by atoms with van der Waals surface area (Å²) < 4.78 is 1.25. The highest BCUT2D eigenvalue weighted by atomic mass is 79.9. The van der Waals surface area contributed by atoms with Gasteiger partial charge >= 0.3 is 0 Å². The van der Waals surface area contributed by atoms with Gasteiger partial charge in [-0.1, -0.05) is 28.1 Å². The van der Waals surface area contributed by atoms with Crippen molar-refractivity contribution in [1.82, 2.24) is 20.5 Å². The first-order valence-electron chi connectivity index (χ1n) is 6.69. The van der Waals surface area contributed by atoms with Crippen molar-refractivity contribution in [3.05, 3.63) is 46.0 Å². The molecule has 0 amide bonds. The van der Waals surface area contributed by atoms with Gasteiger partial charge in [0.25, 0.3) is 0 Å². The second-order valence-corrected chi connectivity index (χ2v) is 5.74. The molecule has 1 aromatic carbocycles. The number of nitrogens with one attached hydrogen (secondary N) is 2. The molecule has 100 valence electrons. The fraction of sp³-hybridized carbons (Fsp3) is 0.429. The van der Waals surface area contributed by atoms with E-state index in [-0.39, 0.29) is 0 Å². The largest absolute Gasteiger partial charge is 0.310 e. The summed E-state index contributed by atoms with van der Waals surface area (Å²) >= 11 is 3.64. The molecule has 3 rings (SSSR count). The number of nitrogens with zero attached hydrogens (tertiary/aromatic N) is 2. The lowest BCUT2D eigenvalue weighted by Crippen LogP contribution is -2.21. The minimum absolute atomic E-state index is 0.502. The summed E-state index contributed by atoms with van der Waals surface area (Å²) in [6.07, 6.45) is 5.95. The number of H-pyrrole nitrogens is 1. The maximum atomic E-state index is 4.13. The summed E-state index contributed by atoms with van der Waals surface area (Å²) in [5.41, 5.74) is 2.92. The Labute approximate surface area is 121 Å². The molecule has 0 aliphatic heterocycles. The quantitative estimate of drug-likeness (QED) is 0.833. The Morgan fingerprint density at radius 2 is 2.37 bits per heavy atom. The number of rotatable bonds is 5. The molecule has 1 aromatic heterocycles. The summed E-state index contributed by atoms with van der Waals surface area (Å²) in [5, 5.41) is 10.4. The molecule has 1 heterocycles. The van der Waals surface area contributed by atoms with Gasteiger partial charge in [-0.25, -0.2) is 4.98 Å². The summed E-state index contributed by atoms with van der Waals surface area (Å²) in [4.78, 5) is 4.13. The minimum atomic E-state index is 0.502. The van der Waals surface area contributed by atoms with Crippen LogP contribution in [0.15, 0.2) is 29.0 Å². The van der Waals surface area contributed by atoms with E-state index in [1.807, 2.05) is 0 Å². The summed E-state index contributed by atoms with van der Waals surface area (Å²) in [6.45, 7) is 1.01. The number of aromatic nitrogens is 3.